The lowest BCUT2D eigenvalue weighted by molar-refractivity contribution is -0.220. The van der Waals surface area contributed by atoms with Crippen molar-refractivity contribution in [3.63, 3.8) is 0 Å². The summed E-state index contributed by atoms with van der Waals surface area (Å²) in [4.78, 5) is 25.9. The van der Waals surface area contributed by atoms with Gasteiger partial charge in [-0.05, 0) is 68.7 Å². The molecule has 3 aliphatic carbocycles. The normalized spacial score (nSPS) is 25.5. The summed E-state index contributed by atoms with van der Waals surface area (Å²) in [5.41, 5.74) is 0. The molecule has 5 atom stereocenters. The maximum absolute atomic E-state index is 13.3. The molecule has 1 saturated carbocycles. The molecule has 7 nitrogen and oxygen atoms in total. The Morgan fingerprint density at radius 2 is 1.52 bits per heavy atom. The van der Waals surface area contributed by atoms with Crippen LogP contribution < -0.4 is 4.74 Å². The fraction of sp³-hybridized carbons (Fsp3) is 0.474. The molecule has 1 aromatic rings. The Morgan fingerprint density at radius 1 is 1.03 bits per heavy atom. The predicted octanol–water partition coefficient (Wildman–Crippen LogP) is 5.07. The summed E-state index contributed by atoms with van der Waals surface area (Å²) in [5, 5.41) is 0. The number of ether oxygens (including phenoxy) is 2. The number of rotatable bonds is 6. The van der Waals surface area contributed by atoms with Gasteiger partial charge in [-0.25, -0.2) is 0 Å². The highest BCUT2D eigenvalue weighted by Gasteiger charge is 2.53. The van der Waals surface area contributed by atoms with Crippen LogP contribution >= 0.6 is 47.8 Å². The molecule has 0 saturated heterocycles. The maximum Gasteiger partial charge on any atom is 0.426 e. The van der Waals surface area contributed by atoms with Crippen LogP contribution in [0.3, 0.4) is 0 Å². The third-order valence-electron chi connectivity index (χ3n) is 5.44. The highest BCUT2D eigenvalue weighted by atomic mass is 79.9. The van der Waals surface area contributed by atoms with Gasteiger partial charge in [0.15, 0.2) is 5.75 Å². The molecule has 0 heterocycles. The van der Waals surface area contributed by atoms with Crippen molar-refractivity contribution < 1.29 is 45.2 Å². The molecule has 3 aliphatic rings. The van der Waals surface area contributed by atoms with Crippen LogP contribution in [0.4, 0.5) is 13.2 Å². The zero-order valence-corrected chi connectivity index (χ0v) is 22.0. The summed E-state index contributed by atoms with van der Waals surface area (Å²) in [6.45, 7) is 0. The van der Waals surface area contributed by atoms with E-state index in [-0.39, 0.29) is 5.75 Å². The van der Waals surface area contributed by atoms with Gasteiger partial charge in [-0.3, -0.25) is 14.1 Å². The minimum Gasteiger partial charge on any atom is -0.451 e. The van der Waals surface area contributed by atoms with E-state index in [0.29, 0.717) is 26.3 Å². The standard InChI is InChI=1S/C19H16Br3F3O7S/c20-10-5-11(21)16(12(22)6-10)32-18(27)15-9-3-1-8(2-4-9)14(15)17(26)31-13(19(23,24)25)7-33(28,29)30/h1,3,5-6,8-9,13-15H,2,4,7H2,(H,28,29,30). The van der Waals surface area contributed by atoms with Crippen LogP contribution in [0.2, 0.25) is 0 Å². The molecular formula is C19H16Br3F3O7S. The number of carbonyl (C=O) groups is 2. The van der Waals surface area contributed by atoms with Crippen LogP contribution in [0.25, 0.3) is 0 Å². The van der Waals surface area contributed by atoms with Crippen LogP contribution in [0.15, 0.2) is 37.7 Å². The fourth-order valence-electron chi connectivity index (χ4n) is 4.04. The summed E-state index contributed by atoms with van der Waals surface area (Å²) < 4.78 is 82.1. The summed E-state index contributed by atoms with van der Waals surface area (Å²) in [6.07, 6.45) is -4.00. The van der Waals surface area contributed by atoms with Crippen LogP contribution in [-0.2, 0) is 24.4 Å². The second kappa shape index (κ2) is 9.96. The fourth-order valence-corrected chi connectivity index (χ4v) is 7.10. The van der Waals surface area contributed by atoms with Gasteiger partial charge in [0.05, 0.1) is 20.8 Å². The Hall–Kier alpha value is -0.960. The SMILES string of the molecule is O=C(Oc1c(Br)cc(Br)cc1Br)C1C2C=CC(CC2)C1C(=O)OC(CS(=O)(=O)O)C(F)(F)F. The van der Waals surface area contributed by atoms with E-state index >= 15 is 0 Å². The summed E-state index contributed by atoms with van der Waals surface area (Å²) in [7, 11) is -5.09. The lowest BCUT2D eigenvalue weighted by atomic mass is 9.62. The molecule has 2 bridgehead atoms. The zero-order chi connectivity index (χ0) is 24.7. The number of fused-ring (bicyclic) bond motifs is 2. The van der Waals surface area contributed by atoms with Gasteiger partial charge < -0.3 is 9.47 Å². The molecule has 182 valence electrons. The first-order valence-electron chi connectivity index (χ1n) is 9.44. The molecule has 0 radical (unpaired) electrons. The average Bonchev–Trinajstić information content (AvgIpc) is 2.68. The Balaban J connectivity index is 1.88. The van der Waals surface area contributed by atoms with Crippen LogP contribution in [-0.4, -0.2) is 42.9 Å². The smallest absolute Gasteiger partial charge is 0.426 e. The molecule has 0 aromatic heterocycles. The van der Waals surface area contributed by atoms with Gasteiger partial charge in [0.25, 0.3) is 10.1 Å². The van der Waals surface area contributed by atoms with Gasteiger partial charge in [-0.2, -0.15) is 21.6 Å². The summed E-state index contributed by atoms with van der Waals surface area (Å²) in [6, 6.07) is 3.24. The molecule has 33 heavy (non-hydrogen) atoms. The molecule has 4 rings (SSSR count). The number of hydrogen-bond acceptors (Lipinski definition) is 6. The molecule has 1 aromatic carbocycles. The highest BCUT2D eigenvalue weighted by molar-refractivity contribution is 9.11. The van der Waals surface area contributed by atoms with Gasteiger partial charge in [0.1, 0.15) is 5.75 Å². The van der Waals surface area contributed by atoms with E-state index in [2.05, 4.69) is 52.5 Å². The number of benzene rings is 1. The highest BCUT2D eigenvalue weighted by Crippen LogP contribution is 2.47. The minimum atomic E-state index is -5.24. The van der Waals surface area contributed by atoms with E-state index in [1.165, 1.54) is 0 Å². The molecule has 1 fully saturated rings. The van der Waals surface area contributed by atoms with Crippen molar-refractivity contribution in [3.8, 4) is 5.75 Å². The van der Waals surface area contributed by atoms with E-state index < -0.39 is 63.8 Å². The number of carbonyl (C=O) groups excluding carboxylic acids is 2. The van der Waals surface area contributed by atoms with Gasteiger partial charge in [0.2, 0.25) is 6.10 Å². The maximum atomic E-state index is 13.3. The second-order valence-corrected chi connectivity index (χ2v) is 11.8. The van der Waals surface area contributed by atoms with Crippen molar-refractivity contribution in [1.82, 2.24) is 0 Å². The monoisotopic (exact) mass is 682 g/mol. The van der Waals surface area contributed by atoms with Crippen molar-refractivity contribution in [2.75, 3.05) is 5.75 Å². The molecule has 14 heteroatoms. The van der Waals surface area contributed by atoms with Gasteiger partial charge in [-0.1, -0.05) is 28.1 Å². The predicted molar refractivity (Wildman–Crippen MR) is 120 cm³/mol. The van der Waals surface area contributed by atoms with Gasteiger partial charge in [0, 0.05) is 4.47 Å². The quantitative estimate of drug-likeness (QED) is 0.193. The van der Waals surface area contributed by atoms with Crippen molar-refractivity contribution in [3.05, 3.63) is 37.7 Å². The van der Waals surface area contributed by atoms with Crippen LogP contribution in [0, 0.1) is 23.7 Å². The number of halogens is 6. The number of allylic oxidation sites excluding steroid dienone is 2. The number of esters is 2. The third kappa shape index (κ3) is 6.38. The Labute approximate surface area is 212 Å². The number of alkyl halides is 3. The first kappa shape index (κ1) is 26.6. The molecule has 0 aliphatic heterocycles. The third-order valence-corrected chi connectivity index (χ3v) is 7.80. The molecule has 5 unspecified atom stereocenters. The number of hydrogen-bond donors (Lipinski definition) is 1. The van der Waals surface area contributed by atoms with E-state index in [1.807, 2.05) is 0 Å². The average molecular weight is 685 g/mol. The van der Waals surface area contributed by atoms with Gasteiger partial charge in [-0.15, -0.1) is 0 Å². The molecule has 0 amide bonds. The topological polar surface area (TPSA) is 107 Å². The zero-order valence-electron chi connectivity index (χ0n) is 16.4. The lowest BCUT2D eigenvalue weighted by Gasteiger charge is -2.42. The minimum absolute atomic E-state index is 0.125. The Morgan fingerprint density at radius 3 is 1.94 bits per heavy atom. The van der Waals surface area contributed by atoms with Crippen molar-refractivity contribution >= 4 is 69.8 Å². The van der Waals surface area contributed by atoms with E-state index in [1.54, 1.807) is 24.3 Å². The molecular weight excluding hydrogens is 669 g/mol. The Bertz CT molecular complexity index is 1070. The van der Waals surface area contributed by atoms with Gasteiger partial charge >= 0.3 is 18.1 Å². The largest absolute Gasteiger partial charge is 0.451 e. The first-order chi connectivity index (χ1) is 15.2. The van der Waals surface area contributed by atoms with E-state index in [9.17, 15) is 31.2 Å². The van der Waals surface area contributed by atoms with E-state index in [4.69, 9.17) is 9.29 Å². The molecule has 0 spiro atoms. The van der Waals surface area contributed by atoms with Crippen molar-refractivity contribution in [2.45, 2.75) is 25.1 Å². The Kier molecular flexibility index (Phi) is 8.04. The van der Waals surface area contributed by atoms with Crippen molar-refractivity contribution in [1.29, 1.82) is 0 Å². The van der Waals surface area contributed by atoms with Crippen LogP contribution in [0.1, 0.15) is 12.8 Å². The molecule has 1 N–H and O–H groups in total. The second-order valence-electron chi connectivity index (χ2n) is 7.68. The van der Waals surface area contributed by atoms with Crippen molar-refractivity contribution in [2.24, 2.45) is 23.7 Å². The summed E-state index contributed by atoms with van der Waals surface area (Å²) >= 11 is 9.82. The first-order valence-corrected chi connectivity index (χ1v) is 13.4. The summed E-state index contributed by atoms with van der Waals surface area (Å²) in [5.74, 6) is -7.43. The van der Waals surface area contributed by atoms with Crippen LogP contribution in [0.5, 0.6) is 5.75 Å². The lowest BCUT2D eigenvalue weighted by Crippen LogP contribution is -2.49. The van der Waals surface area contributed by atoms with E-state index in [0.717, 1.165) is 0 Å².